The highest BCUT2D eigenvalue weighted by atomic mass is 32.1. The van der Waals surface area contributed by atoms with Crippen LogP contribution in [0.1, 0.15) is 12.0 Å². The lowest BCUT2D eigenvalue weighted by atomic mass is 10.1. The van der Waals surface area contributed by atoms with Crippen LogP contribution in [0.5, 0.6) is 5.75 Å². The first kappa shape index (κ1) is 18.2. The van der Waals surface area contributed by atoms with Gasteiger partial charge in [-0.2, -0.15) is 0 Å². The lowest BCUT2D eigenvalue weighted by molar-refractivity contribution is -0.116. The Hall–Kier alpha value is -3.18. The number of carbonyl (C=O) groups excluding carboxylic acids is 1. The molecule has 28 heavy (non-hydrogen) atoms. The Morgan fingerprint density at radius 3 is 2.57 bits per heavy atom. The van der Waals surface area contributed by atoms with Crippen LogP contribution < -0.4 is 10.1 Å². The summed E-state index contributed by atoms with van der Waals surface area (Å²) in [7, 11) is 1.66. The molecule has 0 fully saturated rings. The zero-order valence-electron chi connectivity index (χ0n) is 15.5. The fraction of sp³-hybridized carbons (Fsp3) is 0.130. The summed E-state index contributed by atoms with van der Waals surface area (Å²) >= 11 is 1.63. The van der Waals surface area contributed by atoms with Gasteiger partial charge in [-0.15, -0.1) is 11.3 Å². The topological polar surface area (TPSA) is 51.2 Å². The van der Waals surface area contributed by atoms with E-state index in [-0.39, 0.29) is 5.91 Å². The largest absolute Gasteiger partial charge is 0.497 e. The van der Waals surface area contributed by atoms with Gasteiger partial charge in [0, 0.05) is 17.7 Å². The van der Waals surface area contributed by atoms with Gasteiger partial charge in [-0.3, -0.25) is 4.79 Å². The van der Waals surface area contributed by atoms with E-state index in [1.807, 2.05) is 72.8 Å². The van der Waals surface area contributed by atoms with E-state index in [2.05, 4.69) is 10.3 Å². The summed E-state index contributed by atoms with van der Waals surface area (Å²) in [6, 6.07) is 23.7. The van der Waals surface area contributed by atoms with Crippen molar-refractivity contribution in [2.24, 2.45) is 0 Å². The zero-order valence-corrected chi connectivity index (χ0v) is 16.3. The maximum absolute atomic E-state index is 12.2. The number of ether oxygens (including phenoxy) is 1. The molecule has 1 N–H and O–H groups in total. The smallest absolute Gasteiger partial charge is 0.224 e. The van der Waals surface area contributed by atoms with Gasteiger partial charge in [0.2, 0.25) is 5.91 Å². The average molecular weight is 388 g/mol. The zero-order chi connectivity index (χ0) is 19.3. The number of anilines is 1. The van der Waals surface area contributed by atoms with Crippen molar-refractivity contribution in [1.82, 2.24) is 4.98 Å². The van der Waals surface area contributed by atoms with Gasteiger partial charge in [0.25, 0.3) is 0 Å². The molecule has 0 spiro atoms. The SMILES string of the molecule is COc1ccc2nc(-c3ccc(NC(=O)CCc4ccccc4)cc3)sc2c1. The first-order valence-corrected chi connectivity index (χ1v) is 9.92. The standard InChI is InChI=1S/C23H20N2O2S/c1-27-19-12-13-20-21(15-19)28-23(25-20)17-8-10-18(11-9-17)24-22(26)14-7-16-5-3-2-4-6-16/h2-6,8-13,15H,7,14H2,1H3,(H,24,26). The summed E-state index contributed by atoms with van der Waals surface area (Å²) in [5.41, 5.74) is 3.95. The van der Waals surface area contributed by atoms with E-state index in [4.69, 9.17) is 4.74 Å². The van der Waals surface area contributed by atoms with Crippen molar-refractivity contribution in [1.29, 1.82) is 0 Å². The van der Waals surface area contributed by atoms with Gasteiger partial charge in [0.1, 0.15) is 10.8 Å². The monoisotopic (exact) mass is 388 g/mol. The molecule has 5 heteroatoms. The van der Waals surface area contributed by atoms with Gasteiger partial charge in [-0.25, -0.2) is 4.98 Å². The van der Waals surface area contributed by atoms with Crippen LogP contribution in [-0.4, -0.2) is 18.0 Å². The number of nitrogens with zero attached hydrogens (tertiary/aromatic N) is 1. The van der Waals surface area contributed by atoms with Gasteiger partial charge < -0.3 is 10.1 Å². The number of hydrogen-bond acceptors (Lipinski definition) is 4. The van der Waals surface area contributed by atoms with E-state index in [0.717, 1.165) is 38.6 Å². The van der Waals surface area contributed by atoms with Crippen molar-refractivity contribution in [2.75, 3.05) is 12.4 Å². The second-order valence-corrected chi connectivity index (χ2v) is 7.49. The predicted octanol–water partition coefficient (Wildman–Crippen LogP) is 5.54. The minimum absolute atomic E-state index is 0.0173. The van der Waals surface area contributed by atoms with Crippen LogP contribution in [0, 0.1) is 0 Å². The van der Waals surface area contributed by atoms with Crippen LogP contribution in [-0.2, 0) is 11.2 Å². The molecule has 0 unspecified atom stereocenters. The first-order chi connectivity index (χ1) is 13.7. The van der Waals surface area contributed by atoms with Crippen molar-refractivity contribution >= 4 is 33.1 Å². The van der Waals surface area contributed by atoms with Crippen molar-refractivity contribution in [3.8, 4) is 16.3 Å². The highest BCUT2D eigenvalue weighted by Gasteiger charge is 2.08. The summed E-state index contributed by atoms with van der Waals surface area (Å²) in [6.07, 6.45) is 1.20. The Morgan fingerprint density at radius 1 is 1.04 bits per heavy atom. The molecule has 140 valence electrons. The number of rotatable bonds is 6. The van der Waals surface area contributed by atoms with Crippen LogP contribution in [0.3, 0.4) is 0 Å². The van der Waals surface area contributed by atoms with Gasteiger partial charge in [0.15, 0.2) is 0 Å². The molecule has 4 rings (SSSR count). The molecule has 1 heterocycles. The number of carbonyl (C=O) groups is 1. The second-order valence-electron chi connectivity index (χ2n) is 6.46. The molecule has 0 aliphatic rings. The lowest BCUT2D eigenvalue weighted by Gasteiger charge is -2.06. The van der Waals surface area contributed by atoms with Crippen LogP contribution in [0.2, 0.25) is 0 Å². The molecule has 0 saturated carbocycles. The van der Waals surface area contributed by atoms with Crippen molar-refractivity contribution in [2.45, 2.75) is 12.8 Å². The minimum atomic E-state index is 0.0173. The Kier molecular flexibility index (Phi) is 5.35. The van der Waals surface area contributed by atoms with Crippen LogP contribution in [0.4, 0.5) is 5.69 Å². The predicted molar refractivity (Wildman–Crippen MR) is 115 cm³/mol. The molecule has 0 aliphatic carbocycles. The normalized spacial score (nSPS) is 10.8. The van der Waals surface area contributed by atoms with Gasteiger partial charge in [0.05, 0.1) is 17.3 Å². The maximum atomic E-state index is 12.2. The van der Waals surface area contributed by atoms with E-state index in [1.165, 1.54) is 5.56 Å². The second kappa shape index (κ2) is 8.23. The summed E-state index contributed by atoms with van der Waals surface area (Å²) in [5.74, 6) is 0.847. The number of nitrogens with one attached hydrogen (secondary N) is 1. The Bertz CT molecular complexity index is 1090. The van der Waals surface area contributed by atoms with Crippen molar-refractivity contribution < 1.29 is 9.53 Å². The fourth-order valence-corrected chi connectivity index (χ4v) is 3.98. The molecule has 4 nitrogen and oxygen atoms in total. The summed E-state index contributed by atoms with van der Waals surface area (Å²) in [4.78, 5) is 16.9. The van der Waals surface area contributed by atoms with Crippen LogP contribution in [0.15, 0.2) is 72.8 Å². The van der Waals surface area contributed by atoms with E-state index in [0.29, 0.717) is 6.42 Å². The number of hydrogen-bond donors (Lipinski definition) is 1. The summed E-state index contributed by atoms with van der Waals surface area (Å²) in [5, 5.41) is 3.91. The number of thiazole rings is 1. The van der Waals surface area contributed by atoms with Crippen molar-refractivity contribution in [3.05, 3.63) is 78.4 Å². The maximum Gasteiger partial charge on any atom is 0.224 e. The number of methoxy groups -OCH3 is 1. The van der Waals surface area contributed by atoms with Gasteiger partial charge >= 0.3 is 0 Å². The molecular formula is C23H20N2O2S. The molecule has 0 bridgehead atoms. The lowest BCUT2D eigenvalue weighted by Crippen LogP contribution is -2.12. The molecule has 0 atom stereocenters. The first-order valence-electron chi connectivity index (χ1n) is 9.10. The Labute approximate surface area is 167 Å². The fourth-order valence-electron chi connectivity index (χ4n) is 2.98. The molecule has 0 saturated heterocycles. The molecular weight excluding hydrogens is 368 g/mol. The average Bonchev–Trinajstić information content (AvgIpc) is 3.17. The van der Waals surface area contributed by atoms with E-state index >= 15 is 0 Å². The molecule has 1 amide bonds. The van der Waals surface area contributed by atoms with E-state index < -0.39 is 0 Å². The summed E-state index contributed by atoms with van der Waals surface area (Å²) < 4.78 is 6.37. The Morgan fingerprint density at radius 2 is 1.82 bits per heavy atom. The van der Waals surface area contributed by atoms with E-state index in [9.17, 15) is 4.79 Å². The highest BCUT2D eigenvalue weighted by Crippen LogP contribution is 2.32. The number of aryl methyl sites for hydroxylation is 1. The van der Waals surface area contributed by atoms with Crippen LogP contribution >= 0.6 is 11.3 Å². The molecule has 0 radical (unpaired) electrons. The molecule has 1 aromatic heterocycles. The van der Waals surface area contributed by atoms with Gasteiger partial charge in [-0.05, 0) is 54.4 Å². The minimum Gasteiger partial charge on any atom is -0.497 e. The third-order valence-corrected chi connectivity index (χ3v) is 5.56. The molecule has 4 aromatic rings. The third kappa shape index (κ3) is 4.21. The Balaban J connectivity index is 1.41. The highest BCUT2D eigenvalue weighted by molar-refractivity contribution is 7.21. The molecule has 0 aliphatic heterocycles. The van der Waals surface area contributed by atoms with Crippen molar-refractivity contribution in [3.63, 3.8) is 0 Å². The van der Waals surface area contributed by atoms with Crippen LogP contribution in [0.25, 0.3) is 20.8 Å². The number of benzene rings is 3. The third-order valence-electron chi connectivity index (χ3n) is 4.49. The quantitative estimate of drug-likeness (QED) is 0.472. The van der Waals surface area contributed by atoms with E-state index in [1.54, 1.807) is 18.4 Å². The van der Waals surface area contributed by atoms with Gasteiger partial charge in [-0.1, -0.05) is 30.3 Å². The molecule has 3 aromatic carbocycles. The number of aromatic nitrogens is 1. The number of fused-ring (bicyclic) bond motifs is 1. The number of amides is 1. The summed E-state index contributed by atoms with van der Waals surface area (Å²) in [6.45, 7) is 0.